The van der Waals surface area contributed by atoms with Crippen molar-refractivity contribution in [1.82, 2.24) is 34.5 Å². The molecule has 1 saturated carbocycles. The highest BCUT2D eigenvalue weighted by molar-refractivity contribution is 7.09. The molecule has 2 aliphatic rings. The van der Waals surface area contributed by atoms with E-state index in [0.29, 0.717) is 51.6 Å². The Morgan fingerprint density at radius 1 is 1.25 bits per heavy atom. The summed E-state index contributed by atoms with van der Waals surface area (Å²) in [5.41, 5.74) is 9.51. The Bertz CT molecular complexity index is 1740. The SMILES string of the molecule is Cc1csc(C2(CN)[C@@H]3CN(c4nc5n[nH]c(-c6ccc7nn(C)cc7c6Cl)c5c(=O)n4C)C[C@@H]32)n1. The van der Waals surface area contributed by atoms with Crippen molar-refractivity contribution >= 4 is 50.8 Å². The molecule has 1 saturated heterocycles. The van der Waals surface area contributed by atoms with Gasteiger partial charge in [0, 0.05) is 67.4 Å². The van der Waals surface area contributed by atoms with Crippen LogP contribution in [0, 0.1) is 18.8 Å². The molecule has 36 heavy (non-hydrogen) atoms. The number of thiazole rings is 1. The minimum atomic E-state index is -0.165. The van der Waals surface area contributed by atoms with Gasteiger partial charge in [-0.1, -0.05) is 11.6 Å². The zero-order valence-electron chi connectivity index (χ0n) is 20.0. The molecule has 184 valence electrons. The van der Waals surface area contributed by atoms with Gasteiger partial charge in [0.05, 0.1) is 16.2 Å². The molecule has 5 heterocycles. The summed E-state index contributed by atoms with van der Waals surface area (Å²) in [6, 6.07) is 3.75. The first-order chi connectivity index (χ1) is 17.3. The predicted octanol–water partition coefficient (Wildman–Crippen LogP) is 2.59. The summed E-state index contributed by atoms with van der Waals surface area (Å²) in [6.45, 7) is 4.17. The molecule has 0 amide bonds. The summed E-state index contributed by atoms with van der Waals surface area (Å²) in [5, 5.41) is 16.8. The first-order valence-electron chi connectivity index (χ1n) is 11.8. The van der Waals surface area contributed by atoms with E-state index in [1.165, 1.54) is 0 Å². The van der Waals surface area contributed by atoms with Gasteiger partial charge in [-0.15, -0.1) is 11.3 Å². The highest BCUT2D eigenvalue weighted by atomic mass is 35.5. The van der Waals surface area contributed by atoms with Crippen LogP contribution in [0.25, 0.3) is 33.2 Å². The van der Waals surface area contributed by atoms with Crippen LogP contribution in [0.1, 0.15) is 10.7 Å². The Labute approximate surface area is 214 Å². The molecule has 12 heteroatoms. The summed E-state index contributed by atoms with van der Waals surface area (Å²) in [5.74, 6) is 1.42. The van der Waals surface area contributed by atoms with Gasteiger partial charge in [0.1, 0.15) is 10.4 Å². The molecule has 0 spiro atoms. The number of H-pyrrole nitrogens is 1. The van der Waals surface area contributed by atoms with Crippen molar-refractivity contribution in [1.29, 1.82) is 0 Å². The number of nitrogens with zero attached hydrogens (tertiary/aromatic N) is 7. The van der Waals surface area contributed by atoms with Crippen LogP contribution in [0.5, 0.6) is 0 Å². The first-order valence-corrected chi connectivity index (χ1v) is 13.0. The zero-order chi connectivity index (χ0) is 24.9. The number of halogens is 1. The van der Waals surface area contributed by atoms with Crippen molar-refractivity contribution in [2.75, 3.05) is 24.5 Å². The largest absolute Gasteiger partial charge is 0.341 e. The van der Waals surface area contributed by atoms with Gasteiger partial charge >= 0.3 is 0 Å². The summed E-state index contributed by atoms with van der Waals surface area (Å²) >= 11 is 8.43. The van der Waals surface area contributed by atoms with E-state index >= 15 is 0 Å². The van der Waals surface area contributed by atoms with Gasteiger partial charge in [-0.05, 0) is 30.9 Å². The third-order valence-electron chi connectivity index (χ3n) is 7.95. The third kappa shape index (κ3) is 2.78. The lowest BCUT2D eigenvalue weighted by molar-refractivity contribution is 0.542. The maximum Gasteiger partial charge on any atom is 0.266 e. The van der Waals surface area contributed by atoms with Crippen molar-refractivity contribution in [2.24, 2.45) is 31.7 Å². The maximum atomic E-state index is 13.6. The van der Waals surface area contributed by atoms with Gasteiger partial charge in [0.2, 0.25) is 5.95 Å². The molecule has 1 unspecified atom stereocenters. The van der Waals surface area contributed by atoms with Crippen LogP contribution in [0.4, 0.5) is 5.95 Å². The van der Waals surface area contributed by atoms with Gasteiger partial charge in [-0.3, -0.25) is 19.1 Å². The van der Waals surface area contributed by atoms with E-state index in [1.807, 2.05) is 32.3 Å². The summed E-state index contributed by atoms with van der Waals surface area (Å²) in [4.78, 5) is 25.3. The number of aromatic amines is 1. The van der Waals surface area contributed by atoms with Crippen LogP contribution in [-0.4, -0.2) is 54.1 Å². The average molecular weight is 522 g/mol. The lowest BCUT2D eigenvalue weighted by atomic mass is 10.0. The second-order valence-electron chi connectivity index (χ2n) is 9.89. The summed E-state index contributed by atoms with van der Waals surface area (Å²) in [6.07, 6.45) is 1.86. The molecule has 10 nitrogen and oxygen atoms in total. The monoisotopic (exact) mass is 521 g/mol. The molecule has 3 atom stereocenters. The quantitative estimate of drug-likeness (QED) is 0.372. The van der Waals surface area contributed by atoms with Crippen molar-refractivity contribution in [3.05, 3.63) is 49.8 Å². The van der Waals surface area contributed by atoms with Crippen molar-refractivity contribution in [3.63, 3.8) is 0 Å². The number of piperidine rings is 1. The molecule has 0 radical (unpaired) electrons. The van der Waals surface area contributed by atoms with E-state index in [0.717, 1.165) is 34.7 Å². The Balaban J connectivity index is 1.26. The number of nitrogens with two attached hydrogens (primary N) is 1. The van der Waals surface area contributed by atoms with E-state index in [2.05, 4.69) is 25.6 Å². The molecule has 1 aliphatic heterocycles. The fourth-order valence-corrected chi connectivity index (χ4v) is 7.51. The zero-order valence-corrected chi connectivity index (χ0v) is 21.6. The van der Waals surface area contributed by atoms with Gasteiger partial charge in [-0.2, -0.15) is 15.2 Å². The summed E-state index contributed by atoms with van der Waals surface area (Å²) in [7, 11) is 3.61. The maximum absolute atomic E-state index is 13.6. The highest BCUT2D eigenvalue weighted by Crippen LogP contribution is 2.63. The van der Waals surface area contributed by atoms with Crippen LogP contribution < -0.4 is 16.2 Å². The first kappa shape index (κ1) is 22.0. The van der Waals surface area contributed by atoms with Crippen LogP contribution >= 0.6 is 22.9 Å². The van der Waals surface area contributed by atoms with Gasteiger partial charge in [0.15, 0.2) is 5.65 Å². The fourth-order valence-electron chi connectivity index (χ4n) is 6.07. The van der Waals surface area contributed by atoms with Crippen molar-refractivity contribution < 1.29 is 0 Å². The smallest absolute Gasteiger partial charge is 0.266 e. The predicted molar refractivity (Wildman–Crippen MR) is 141 cm³/mol. The second kappa shape index (κ2) is 7.37. The molecule has 1 aromatic carbocycles. The number of anilines is 1. The highest BCUT2D eigenvalue weighted by Gasteiger charge is 2.69. The van der Waals surface area contributed by atoms with E-state index in [4.69, 9.17) is 27.3 Å². The number of nitrogens with one attached hydrogen (secondary N) is 1. The molecule has 2 fully saturated rings. The lowest BCUT2D eigenvalue weighted by Gasteiger charge is -2.26. The van der Waals surface area contributed by atoms with E-state index in [1.54, 1.807) is 27.6 Å². The molecule has 1 aliphatic carbocycles. The van der Waals surface area contributed by atoms with Gasteiger partial charge in [0.25, 0.3) is 5.56 Å². The molecule has 5 aromatic rings. The third-order valence-corrected chi connectivity index (χ3v) is 9.51. The van der Waals surface area contributed by atoms with Crippen LogP contribution in [0.2, 0.25) is 5.02 Å². The molecule has 0 bridgehead atoms. The van der Waals surface area contributed by atoms with Gasteiger partial charge < -0.3 is 10.6 Å². The summed E-state index contributed by atoms with van der Waals surface area (Å²) < 4.78 is 3.33. The van der Waals surface area contributed by atoms with Gasteiger partial charge in [-0.25, -0.2) is 4.98 Å². The topological polar surface area (TPSA) is 124 Å². The normalized spacial score (nSPS) is 23.2. The standard InChI is InChI=1S/C24H24ClN9OS/c1-11-9-36-22(27-11)24(10-26)14-7-34(8-15(14)24)23-28-20-17(21(35)33(23)3)19(29-30-20)12-4-5-16-13(18(12)25)6-32(2)31-16/h4-6,9,14-15H,7-8,10,26H2,1-3H3,(H,29,30)/t14-,15+,24?. The molecule has 3 N–H and O–H groups in total. The van der Waals surface area contributed by atoms with Crippen LogP contribution in [0.15, 0.2) is 28.5 Å². The van der Waals surface area contributed by atoms with E-state index in [-0.39, 0.29) is 11.0 Å². The lowest BCUT2D eigenvalue weighted by Crippen LogP contribution is -2.37. The molecule has 7 rings (SSSR count). The number of hydrogen-bond acceptors (Lipinski definition) is 8. The average Bonchev–Trinajstić information content (AvgIpc) is 3.46. The minimum Gasteiger partial charge on any atom is -0.341 e. The van der Waals surface area contributed by atoms with Crippen LogP contribution in [0.3, 0.4) is 0 Å². The number of aryl methyl sites for hydroxylation is 2. The Kier molecular flexibility index (Phi) is 4.50. The number of fused-ring (bicyclic) bond motifs is 3. The number of rotatable bonds is 4. The number of benzene rings is 1. The van der Waals surface area contributed by atoms with Crippen molar-refractivity contribution in [3.8, 4) is 11.3 Å². The molecular weight excluding hydrogens is 498 g/mol. The second-order valence-corrected chi connectivity index (χ2v) is 11.1. The minimum absolute atomic E-state index is 0.0560. The fraction of sp³-hybridized carbons (Fsp3) is 0.375. The van der Waals surface area contributed by atoms with Crippen LogP contribution in [-0.2, 0) is 19.5 Å². The molecule has 4 aromatic heterocycles. The van der Waals surface area contributed by atoms with Crippen molar-refractivity contribution in [2.45, 2.75) is 12.3 Å². The number of aromatic nitrogens is 7. The molecular formula is C24H24ClN9OS. The van der Waals surface area contributed by atoms with E-state index in [9.17, 15) is 4.79 Å². The Morgan fingerprint density at radius 2 is 2.03 bits per heavy atom. The Morgan fingerprint density at radius 3 is 2.72 bits per heavy atom. The van der Waals surface area contributed by atoms with E-state index < -0.39 is 0 Å². The number of hydrogen-bond donors (Lipinski definition) is 2. The Hall–Kier alpha value is -3.28.